The molecule has 2 amide bonds. The summed E-state index contributed by atoms with van der Waals surface area (Å²) in [7, 11) is 1.80. The lowest BCUT2D eigenvalue weighted by Crippen LogP contribution is -2.34. The third kappa shape index (κ3) is 4.67. The van der Waals surface area contributed by atoms with Crippen molar-refractivity contribution in [2.45, 2.75) is 19.4 Å². The normalized spacial score (nSPS) is 11.8. The van der Waals surface area contributed by atoms with Crippen molar-refractivity contribution in [2.75, 3.05) is 5.32 Å². The van der Waals surface area contributed by atoms with Gasteiger partial charge >= 0.3 is 6.03 Å². The van der Waals surface area contributed by atoms with E-state index in [1.807, 2.05) is 18.2 Å². The van der Waals surface area contributed by atoms with Crippen LogP contribution < -0.4 is 10.6 Å². The van der Waals surface area contributed by atoms with Crippen molar-refractivity contribution in [3.05, 3.63) is 77.7 Å². The Balaban J connectivity index is 1.74. The molecule has 25 heavy (non-hydrogen) atoms. The minimum absolute atomic E-state index is 0.229. The maximum Gasteiger partial charge on any atom is 0.321 e. The van der Waals surface area contributed by atoms with Crippen LogP contribution >= 0.6 is 0 Å². The predicted octanol–water partition coefficient (Wildman–Crippen LogP) is 3.23. The van der Waals surface area contributed by atoms with Crippen molar-refractivity contribution >= 4 is 11.8 Å². The van der Waals surface area contributed by atoms with Crippen LogP contribution in [0.15, 0.2) is 60.9 Å². The predicted molar refractivity (Wildman–Crippen MR) is 97.2 cm³/mol. The zero-order chi connectivity index (χ0) is 17.6. The molecule has 1 aromatic carbocycles. The van der Waals surface area contributed by atoms with Gasteiger partial charge in [-0.1, -0.05) is 35.9 Å². The molecule has 3 aromatic rings. The van der Waals surface area contributed by atoms with Gasteiger partial charge in [0.05, 0.1) is 11.7 Å². The van der Waals surface area contributed by atoms with Crippen molar-refractivity contribution in [2.24, 2.45) is 7.05 Å². The lowest BCUT2D eigenvalue weighted by Gasteiger charge is -2.18. The van der Waals surface area contributed by atoms with E-state index in [-0.39, 0.29) is 12.1 Å². The van der Waals surface area contributed by atoms with Crippen LogP contribution in [-0.2, 0) is 13.5 Å². The van der Waals surface area contributed by atoms with Gasteiger partial charge in [-0.2, -0.15) is 5.10 Å². The van der Waals surface area contributed by atoms with Crippen molar-refractivity contribution in [1.82, 2.24) is 20.1 Å². The third-order valence-corrected chi connectivity index (χ3v) is 3.87. The first-order valence-corrected chi connectivity index (χ1v) is 8.14. The number of pyridine rings is 1. The molecular weight excluding hydrogens is 314 g/mol. The van der Waals surface area contributed by atoms with Crippen molar-refractivity contribution in [3.8, 4) is 0 Å². The van der Waals surface area contributed by atoms with Crippen LogP contribution in [0.5, 0.6) is 0 Å². The fourth-order valence-electron chi connectivity index (χ4n) is 2.56. The van der Waals surface area contributed by atoms with Gasteiger partial charge in [0.25, 0.3) is 0 Å². The Morgan fingerprint density at radius 3 is 2.60 bits per heavy atom. The van der Waals surface area contributed by atoms with Gasteiger partial charge < -0.3 is 5.32 Å². The SMILES string of the molecule is Cc1ccc(C[C@H](NC(=O)Nc2ccn(C)n2)c2ccccn2)cc1. The Labute approximate surface area is 146 Å². The highest BCUT2D eigenvalue weighted by Crippen LogP contribution is 2.17. The molecule has 0 saturated carbocycles. The van der Waals surface area contributed by atoms with Gasteiger partial charge in [-0.25, -0.2) is 4.79 Å². The van der Waals surface area contributed by atoms with Crippen molar-refractivity contribution in [1.29, 1.82) is 0 Å². The average Bonchev–Trinajstić information content (AvgIpc) is 3.01. The summed E-state index contributed by atoms with van der Waals surface area (Å²) in [5.41, 5.74) is 3.16. The molecule has 6 nitrogen and oxygen atoms in total. The minimum atomic E-state index is -0.304. The summed E-state index contributed by atoms with van der Waals surface area (Å²) in [4.78, 5) is 16.7. The molecule has 6 heteroatoms. The summed E-state index contributed by atoms with van der Waals surface area (Å²) in [5, 5.41) is 9.89. The Morgan fingerprint density at radius 1 is 1.16 bits per heavy atom. The Bertz CT molecular complexity index is 827. The van der Waals surface area contributed by atoms with E-state index in [9.17, 15) is 4.79 Å². The number of carbonyl (C=O) groups excluding carboxylic acids is 1. The van der Waals surface area contributed by atoms with Crippen LogP contribution in [0.2, 0.25) is 0 Å². The number of benzene rings is 1. The van der Waals surface area contributed by atoms with E-state index >= 15 is 0 Å². The number of hydrogen-bond acceptors (Lipinski definition) is 3. The second-order valence-corrected chi connectivity index (χ2v) is 5.97. The van der Waals surface area contributed by atoms with Crippen molar-refractivity contribution in [3.63, 3.8) is 0 Å². The lowest BCUT2D eigenvalue weighted by molar-refractivity contribution is 0.248. The van der Waals surface area contributed by atoms with Gasteiger partial charge in [0, 0.05) is 25.5 Å². The molecule has 2 aromatic heterocycles. The number of rotatable bonds is 5. The maximum atomic E-state index is 12.4. The molecule has 0 spiro atoms. The molecule has 0 aliphatic heterocycles. The fourth-order valence-corrected chi connectivity index (χ4v) is 2.56. The van der Waals surface area contributed by atoms with E-state index in [0.29, 0.717) is 12.2 Å². The molecule has 128 valence electrons. The number of anilines is 1. The zero-order valence-corrected chi connectivity index (χ0v) is 14.3. The fraction of sp³-hybridized carbons (Fsp3) is 0.211. The van der Waals surface area contributed by atoms with E-state index in [1.165, 1.54) is 5.56 Å². The number of carbonyl (C=O) groups is 1. The molecule has 2 heterocycles. The number of aryl methyl sites for hydroxylation is 2. The van der Waals surface area contributed by atoms with Crippen LogP contribution in [0.3, 0.4) is 0 Å². The van der Waals surface area contributed by atoms with Crippen LogP contribution in [0.1, 0.15) is 22.9 Å². The van der Waals surface area contributed by atoms with Gasteiger partial charge in [0.2, 0.25) is 0 Å². The number of urea groups is 1. The summed E-state index contributed by atoms with van der Waals surface area (Å²) in [6.45, 7) is 2.05. The summed E-state index contributed by atoms with van der Waals surface area (Å²) in [5.74, 6) is 0.509. The smallest absolute Gasteiger partial charge is 0.321 e. The number of aromatic nitrogens is 3. The van der Waals surface area contributed by atoms with Gasteiger partial charge in [0.15, 0.2) is 5.82 Å². The Kier molecular flexibility index (Phi) is 5.09. The highest BCUT2D eigenvalue weighted by atomic mass is 16.2. The first-order chi connectivity index (χ1) is 12.1. The van der Waals surface area contributed by atoms with E-state index < -0.39 is 0 Å². The number of nitrogens with one attached hydrogen (secondary N) is 2. The standard InChI is InChI=1S/C19H21N5O/c1-14-6-8-15(9-7-14)13-17(16-5-3-4-11-20-16)21-19(25)22-18-10-12-24(2)23-18/h3-12,17H,13H2,1-2H3,(H2,21,22,23,25)/t17-/m0/s1. The molecule has 0 radical (unpaired) electrons. The van der Waals surface area contributed by atoms with E-state index in [4.69, 9.17) is 0 Å². The number of hydrogen-bond donors (Lipinski definition) is 2. The second-order valence-electron chi connectivity index (χ2n) is 5.97. The molecule has 2 N–H and O–H groups in total. The largest absolute Gasteiger partial charge is 0.329 e. The molecule has 3 rings (SSSR count). The average molecular weight is 335 g/mol. The molecule has 0 bridgehead atoms. The lowest BCUT2D eigenvalue weighted by atomic mass is 10.0. The minimum Gasteiger partial charge on any atom is -0.329 e. The third-order valence-electron chi connectivity index (χ3n) is 3.87. The summed E-state index contributed by atoms with van der Waals surface area (Å²) < 4.78 is 1.64. The number of nitrogens with zero attached hydrogens (tertiary/aromatic N) is 3. The second kappa shape index (κ2) is 7.61. The topological polar surface area (TPSA) is 71.8 Å². The van der Waals surface area contributed by atoms with Crippen LogP contribution in [0, 0.1) is 6.92 Å². The quantitative estimate of drug-likeness (QED) is 0.752. The summed E-state index contributed by atoms with van der Waals surface area (Å²) >= 11 is 0. The monoisotopic (exact) mass is 335 g/mol. The van der Waals surface area contributed by atoms with E-state index in [2.05, 4.69) is 51.9 Å². The van der Waals surface area contributed by atoms with Gasteiger partial charge in [-0.3, -0.25) is 15.0 Å². The van der Waals surface area contributed by atoms with E-state index in [0.717, 1.165) is 11.3 Å². The molecule has 0 aliphatic carbocycles. The van der Waals surface area contributed by atoms with Gasteiger partial charge in [0.1, 0.15) is 0 Å². The molecule has 0 saturated heterocycles. The molecule has 0 aliphatic rings. The molecule has 0 unspecified atom stereocenters. The first kappa shape index (κ1) is 16.7. The van der Waals surface area contributed by atoms with Crippen molar-refractivity contribution < 1.29 is 4.79 Å². The Morgan fingerprint density at radius 2 is 1.96 bits per heavy atom. The van der Waals surface area contributed by atoms with Crippen LogP contribution in [0.25, 0.3) is 0 Å². The molecular formula is C19H21N5O. The highest BCUT2D eigenvalue weighted by molar-refractivity contribution is 5.88. The molecule has 0 fully saturated rings. The zero-order valence-electron chi connectivity index (χ0n) is 14.3. The van der Waals surface area contributed by atoms with Crippen LogP contribution in [-0.4, -0.2) is 20.8 Å². The van der Waals surface area contributed by atoms with Crippen LogP contribution in [0.4, 0.5) is 10.6 Å². The first-order valence-electron chi connectivity index (χ1n) is 8.14. The maximum absolute atomic E-state index is 12.4. The summed E-state index contributed by atoms with van der Waals surface area (Å²) in [6, 6.07) is 15.2. The highest BCUT2D eigenvalue weighted by Gasteiger charge is 2.17. The Hall–Kier alpha value is -3.15. The molecule has 1 atom stereocenters. The van der Waals surface area contributed by atoms with Gasteiger partial charge in [-0.15, -0.1) is 0 Å². The summed E-state index contributed by atoms with van der Waals surface area (Å²) in [6.07, 6.45) is 4.17. The van der Waals surface area contributed by atoms with Gasteiger partial charge in [-0.05, 0) is 31.0 Å². The van der Waals surface area contributed by atoms with E-state index in [1.54, 1.807) is 30.2 Å². The number of amides is 2.